The van der Waals surface area contributed by atoms with Crippen LogP contribution in [0.5, 0.6) is 0 Å². The number of hydrogen-bond donors (Lipinski definition) is 1. The molecular formula is C18H15BrN4O. The maximum Gasteiger partial charge on any atom is 0.257 e. The number of aryl methyl sites for hydroxylation is 1. The van der Waals surface area contributed by atoms with Crippen LogP contribution < -0.4 is 5.32 Å². The number of carbonyl (C=O) groups excluding carboxylic acids is 1. The molecule has 0 atom stereocenters. The average Bonchev–Trinajstić information content (AvgIpc) is 3.19. The van der Waals surface area contributed by atoms with E-state index >= 15 is 0 Å². The van der Waals surface area contributed by atoms with Gasteiger partial charge in [0, 0.05) is 35.5 Å². The molecule has 3 heterocycles. The van der Waals surface area contributed by atoms with E-state index in [0.29, 0.717) is 5.56 Å². The number of benzene rings is 1. The molecule has 0 aliphatic carbocycles. The second-order valence-electron chi connectivity index (χ2n) is 5.74. The molecule has 2 aromatic heterocycles. The third kappa shape index (κ3) is 2.85. The summed E-state index contributed by atoms with van der Waals surface area (Å²) in [6.45, 7) is 1.03. The van der Waals surface area contributed by atoms with Crippen LogP contribution in [0.1, 0.15) is 22.6 Å². The smallest absolute Gasteiger partial charge is 0.257 e. The molecule has 1 amide bonds. The zero-order valence-electron chi connectivity index (χ0n) is 12.9. The van der Waals surface area contributed by atoms with Gasteiger partial charge in [0.25, 0.3) is 5.91 Å². The number of anilines is 1. The third-order valence-corrected chi connectivity index (χ3v) is 4.56. The zero-order chi connectivity index (χ0) is 16.5. The SMILES string of the molecule is O=C(Nc1ccc(-c2cnc3n2CCC3)cc1)c1cncc(Br)c1. The number of carbonyl (C=O) groups is 1. The highest BCUT2D eigenvalue weighted by Gasteiger charge is 2.16. The van der Waals surface area contributed by atoms with Crippen molar-refractivity contribution in [2.75, 3.05) is 5.32 Å². The van der Waals surface area contributed by atoms with Crippen molar-refractivity contribution < 1.29 is 4.79 Å². The lowest BCUT2D eigenvalue weighted by Gasteiger charge is -2.08. The number of nitrogens with zero attached hydrogens (tertiary/aromatic N) is 3. The normalized spacial score (nSPS) is 12.9. The fraction of sp³-hybridized carbons (Fsp3) is 0.167. The van der Waals surface area contributed by atoms with E-state index in [-0.39, 0.29) is 5.91 Å². The molecular weight excluding hydrogens is 368 g/mol. The van der Waals surface area contributed by atoms with Crippen molar-refractivity contribution in [3.05, 3.63) is 64.8 Å². The van der Waals surface area contributed by atoms with Crippen LogP contribution >= 0.6 is 15.9 Å². The first kappa shape index (κ1) is 15.1. The van der Waals surface area contributed by atoms with Gasteiger partial charge >= 0.3 is 0 Å². The van der Waals surface area contributed by atoms with Gasteiger partial charge in [-0.15, -0.1) is 0 Å². The Labute approximate surface area is 147 Å². The first-order chi connectivity index (χ1) is 11.7. The molecule has 6 heteroatoms. The fourth-order valence-electron chi connectivity index (χ4n) is 2.95. The van der Waals surface area contributed by atoms with E-state index in [0.717, 1.165) is 46.6 Å². The maximum absolute atomic E-state index is 12.2. The number of fused-ring (bicyclic) bond motifs is 1. The van der Waals surface area contributed by atoms with Crippen LogP contribution in [-0.4, -0.2) is 20.4 Å². The number of nitrogens with one attached hydrogen (secondary N) is 1. The Morgan fingerprint density at radius 2 is 2.00 bits per heavy atom. The van der Waals surface area contributed by atoms with Gasteiger partial charge in [0.1, 0.15) is 5.82 Å². The quantitative estimate of drug-likeness (QED) is 0.746. The predicted octanol–water partition coefficient (Wildman–Crippen LogP) is 3.91. The number of pyridine rings is 1. The van der Waals surface area contributed by atoms with Gasteiger partial charge in [-0.05, 0) is 46.1 Å². The standard InChI is InChI=1S/C18H15BrN4O/c19-14-8-13(9-20-10-14)18(24)22-15-5-3-12(4-6-15)16-11-21-17-2-1-7-23(16)17/h3-6,8-11H,1-2,7H2,(H,22,24). The molecule has 3 aromatic rings. The van der Waals surface area contributed by atoms with Crippen molar-refractivity contribution in [1.82, 2.24) is 14.5 Å². The number of rotatable bonds is 3. The Bertz CT molecular complexity index is 902. The van der Waals surface area contributed by atoms with Crippen molar-refractivity contribution in [2.24, 2.45) is 0 Å². The average molecular weight is 383 g/mol. The highest BCUT2D eigenvalue weighted by atomic mass is 79.9. The summed E-state index contributed by atoms with van der Waals surface area (Å²) >= 11 is 3.32. The Kier molecular flexibility index (Phi) is 3.90. The highest BCUT2D eigenvalue weighted by molar-refractivity contribution is 9.10. The molecule has 1 aliphatic rings. The fourth-order valence-corrected chi connectivity index (χ4v) is 3.32. The summed E-state index contributed by atoms with van der Waals surface area (Å²) in [6.07, 6.45) is 7.33. The van der Waals surface area contributed by atoms with Gasteiger partial charge in [0.05, 0.1) is 17.5 Å². The summed E-state index contributed by atoms with van der Waals surface area (Å²) in [5.74, 6) is 0.978. The largest absolute Gasteiger partial charge is 0.328 e. The van der Waals surface area contributed by atoms with Crippen molar-refractivity contribution in [3.63, 3.8) is 0 Å². The lowest BCUT2D eigenvalue weighted by Crippen LogP contribution is -2.12. The number of aromatic nitrogens is 3. The molecule has 0 saturated carbocycles. The summed E-state index contributed by atoms with van der Waals surface area (Å²) in [7, 11) is 0. The van der Waals surface area contributed by atoms with Gasteiger partial charge in [-0.3, -0.25) is 9.78 Å². The Morgan fingerprint density at radius 1 is 1.17 bits per heavy atom. The Morgan fingerprint density at radius 3 is 2.79 bits per heavy atom. The molecule has 1 N–H and O–H groups in total. The summed E-state index contributed by atoms with van der Waals surface area (Å²) in [5, 5.41) is 2.89. The highest BCUT2D eigenvalue weighted by Crippen LogP contribution is 2.26. The van der Waals surface area contributed by atoms with Gasteiger partial charge in [-0.1, -0.05) is 12.1 Å². The first-order valence-electron chi connectivity index (χ1n) is 7.77. The second-order valence-corrected chi connectivity index (χ2v) is 6.65. The minimum Gasteiger partial charge on any atom is -0.328 e. The van der Waals surface area contributed by atoms with Gasteiger partial charge < -0.3 is 9.88 Å². The number of amides is 1. The molecule has 0 bridgehead atoms. The number of hydrogen-bond acceptors (Lipinski definition) is 3. The van der Waals surface area contributed by atoms with Gasteiger partial charge in [-0.25, -0.2) is 4.98 Å². The third-order valence-electron chi connectivity index (χ3n) is 4.13. The molecule has 1 aromatic carbocycles. The van der Waals surface area contributed by atoms with Crippen LogP contribution in [0.25, 0.3) is 11.3 Å². The molecule has 120 valence electrons. The molecule has 0 spiro atoms. The maximum atomic E-state index is 12.2. The molecule has 1 aliphatic heterocycles. The lowest BCUT2D eigenvalue weighted by atomic mass is 10.1. The molecule has 0 radical (unpaired) electrons. The van der Waals surface area contributed by atoms with E-state index in [1.54, 1.807) is 18.5 Å². The molecule has 4 rings (SSSR count). The van der Waals surface area contributed by atoms with E-state index in [9.17, 15) is 4.79 Å². The lowest BCUT2D eigenvalue weighted by molar-refractivity contribution is 0.102. The monoisotopic (exact) mass is 382 g/mol. The van der Waals surface area contributed by atoms with Crippen molar-refractivity contribution in [3.8, 4) is 11.3 Å². The van der Waals surface area contributed by atoms with Crippen LogP contribution in [-0.2, 0) is 13.0 Å². The van der Waals surface area contributed by atoms with E-state index in [4.69, 9.17) is 0 Å². The van der Waals surface area contributed by atoms with Gasteiger partial charge in [-0.2, -0.15) is 0 Å². The van der Waals surface area contributed by atoms with E-state index in [2.05, 4.69) is 35.8 Å². The molecule has 0 fully saturated rings. The van der Waals surface area contributed by atoms with E-state index in [1.807, 2.05) is 30.5 Å². The van der Waals surface area contributed by atoms with Crippen LogP contribution in [0.3, 0.4) is 0 Å². The van der Waals surface area contributed by atoms with Crippen LogP contribution in [0.15, 0.2) is 53.4 Å². The van der Waals surface area contributed by atoms with Crippen LogP contribution in [0.4, 0.5) is 5.69 Å². The molecule has 0 unspecified atom stereocenters. The molecule has 24 heavy (non-hydrogen) atoms. The van der Waals surface area contributed by atoms with Gasteiger partial charge in [0.15, 0.2) is 0 Å². The Hall–Kier alpha value is -2.47. The molecule has 5 nitrogen and oxygen atoms in total. The summed E-state index contributed by atoms with van der Waals surface area (Å²) in [6, 6.07) is 9.59. The Balaban J connectivity index is 1.53. The van der Waals surface area contributed by atoms with Crippen LogP contribution in [0, 0.1) is 0 Å². The topological polar surface area (TPSA) is 59.8 Å². The first-order valence-corrected chi connectivity index (χ1v) is 8.57. The summed E-state index contributed by atoms with van der Waals surface area (Å²) < 4.78 is 3.04. The van der Waals surface area contributed by atoms with Gasteiger partial charge in [0.2, 0.25) is 0 Å². The minimum atomic E-state index is -0.179. The van der Waals surface area contributed by atoms with Crippen molar-refractivity contribution >= 4 is 27.5 Å². The van der Waals surface area contributed by atoms with Crippen molar-refractivity contribution in [2.45, 2.75) is 19.4 Å². The number of halogens is 1. The van der Waals surface area contributed by atoms with E-state index < -0.39 is 0 Å². The van der Waals surface area contributed by atoms with Crippen molar-refractivity contribution in [1.29, 1.82) is 0 Å². The summed E-state index contributed by atoms with van der Waals surface area (Å²) in [5.41, 5.74) is 3.52. The predicted molar refractivity (Wildman–Crippen MR) is 95.9 cm³/mol. The summed E-state index contributed by atoms with van der Waals surface area (Å²) in [4.78, 5) is 20.7. The molecule has 0 saturated heterocycles. The second kappa shape index (κ2) is 6.20. The minimum absolute atomic E-state index is 0.179. The van der Waals surface area contributed by atoms with E-state index in [1.165, 1.54) is 0 Å². The van der Waals surface area contributed by atoms with Crippen LogP contribution in [0.2, 0.25) is 0 Å². The zero-order valence-corrected chi connectivity index (χ0v) is 14.5. The number of imidazole rings is 1.